The van der Waals surface area contributed by atoms with E-state index in [0.717, 1.165) is 27.9 Å². The number of hydrogen-bond acceptors (Lipinski definition) is 4. The first kappa shape index (κ1) is 16.3. The van der Waals surface area contributed by atoms with Gasteiger partial charge >= 0.3 is 0 Å². The van der Waals surface area contributed by atoms with Crippen LogP contribution in [0.25, 0.3) is 0 Å². The van der Waals surface area contributed by atoms with E-state index in [2.05, 4.69) is 19.9 Å². The molecule has 1 aromatic carbocycles. The maximum atomic E-state index is 11.2. The number of anilines is 1. The lowest BCUT2D eigenvalue weighted by molar-refractivity contribution is -0.114. The van der Waals surface area contributed by atoms with Crippen molar-refractivity contribution in [3.05, 3.63) is 72.3 Å². The van der Waals surface area contributed by atoms with Crippen molar-refractivity contribution in [2.75, 3.05) is 5.32 Å². The van der Waals surface area contributed by atoms with Gasteiger partial charge in [-0.3, -0.25) is 9.78 Å². The Morgan fingerprint density at radius 2 is 2.08 bits per heavy atom. The predicted octanol–water partition coefficient (Wildman–Crippen LogP) is 3.58. The zero-order valence-electron chi connectivity index (χ0n) is 13.3. The van der Waals surface area contributed by atoms with Gasteiger partial charge in [0.2, 0.25) is 5.91 Å². The van der Waals surface area contributed by atoms with Crippen LogP contribution in [0.1, 0.15) is 18.2 Å². The van der Waals surface area contributed by atoms with Crippen LogP contribution in [0.4, 0.5) is 5.69 Å². The summed E-state index contributed by atoms with van der Waals surface area (Å²) in [6.45, 7) is 2.21. The molecular formula is C18H18N4OS. The SMILES string of the molecule is CC(=O)Nc1cccc(CSc2nccn2Cc2ccccn2)c1. The fraction of sp³-hybridized carbons (Fsp3) is 0.167. The number of benzene rings is 1. The summed E-state index contributed by atoms with van der Waals surface area (Å²) >= 11 is 1.67. The van der Waals surface area contributed by atoms with Crippen molar-refractivity contribution in [2.45, 2.75) is 24.4 Å². The van der Waals surface area contributed by atoms with E-state index < -0.39 is 0 Å². The van der Waals surface area contributed by atoms with Crippen molar-refractivity contribution in [1.29, 1.82) is 0 Å². The van der Waals surface area contributed by atoms with Crippen molar-refractivity contribution < 1.29 is 4.79 Å². The smallest absolute Gasteiger partial charge is 0.221 e. The van der Waals surface area contributed by atoms with Crippen LogP contribution >= 0.6 is 11.8 Å². The molecule has 1 amide bonds. The third kappa shape index (κ3) is 4.45. The predicted molar refractivity (Wildman–Crippen MR) is 95.9 cm³/mol. The second-order valence-electron chi connectivity index (χ2n) is 5.33. The summed E-state index contributed by atoms with van der Waals surface area (Å²) in [6.07, 6.45) is 5.57. The van der Waals surface area contributed by atoms with Crippen LogP contribution in [-0.4, -0.2) is 20.4 Å². The lowest BCUT2D eigenvalue weighted by Crippen LogP contribution is -2.05. The molecule has 2 heterocycles. The van der Waals surface area contributed by atoms with Gasteiger partial charge in [0.1, 0.15) is 0 Å². The molecule has 0 spiro atoms. The van der Waals surface area contributed by atoms with Crippen molar-refractivity contribution in [1.82, 2.24) is 14.5 Å². The fourth-order valence-electron chi connectivity index (χ4n) is 2.31. The Morgan fingerprint density at radius 1 is 1.17 bits per heavy atom. The highest BCUT2D eigenvalue weighted by Crippen LogP contribution is 2.23. The zero-order chi connectivity index (χ0) is 16.8. The first-order chi connectivity index (χ1) is 11.7. The van der Waals surface area contributed by atoms with E-state index in [4.69, 9.17) is 0 Å². The third-order valence-electron chi connectivity index (χ3n) is 3.35. The Kier molecular flexibility index (Phi) is 5.28. The maximum absolute atomic E-state index is 11.2. The summed E-state index contributed by atoms with van der Waals surface area (Å²) in [5.74, 6) is 0.720. The molecule has 0 saturated carbocycles. The standard InChI is InChI=1S/C18H18N4OS/c1-14(23)21-16-7-4-5-15(11-16)13-24-18-20-9-10-22(18)12-17-6-2-3-8-19-17/h2-11H,12-13H2,1H3,(H,21,23). The van der Waals surface area contributed by atoms with Crippen LogP contribution in [0.2, 0.25) is 0 Å². The Labute approximate surface area is 145 Å². The topological polar surface area (TPSA) is 59.8 Å². The third-order valence-corrected chi connectivity index (χ3v) is 4.43. The average Bonchev–Trinajstić information content (AvgIpc) is 3.01. The monoisotopic (exact) mass is 338 g/mol. The van der Waals surface area contributed by atoms with Crippen molar-refractivity contribution in [2.24, 2.45) is 0 Å². The van der Waals surface area contributed by atoms with E-state index in [1.54, 1.807) is 24.2 Å². The number of nitrogens with zero attached hydrogens (tertiary/aromatic N) is 3. The number of pyridine rings is 1. The highest BCUT2D eigenvalue weighted by molar-refractivity contribution is 7.98. The van der Waals surface area contributed by atoms with Gasteiger partial charge in [-0.15, -0.1) is 0 Å². The number of carbonyl (C=O) groups excluding carboxylic acids is 1. The highest BCUT2D eigenvalue weighted by Gasteiger charge is 2.06. The molecule has 1 N–H and O–H groups in total. The number of hydrogen-bond donors (Lipinski definition) is 1. The van der Waals surface area contributed by atoms with Crippen LogP contribution in [-0.2, 0) is 17.1 Å². The van der Waals surface area contributed by atoms with Gasteiger partial charge in [0.05, 0.1) is 12.2 Å². The molecule has 0 atom stereocenters. The summed E-state index contributed by atoms with van der Waals surface area (Å²) in [5.41, 5.74) is 2.96. The molecule has 0 saturated heterocycles. The number of aromatic nitrogens is 3. The van der Waals surface area contributed by atoms with Gasteiger partial charge in [-0.05, 0) is 29.8 Å². The van der Waals surface area contributed by atoms with Gasteiger partial charge in [-0.1, -0.05) is 30.0 Å². The Balaban J connectivity index is 1.65. The molecule has 0 aliphatic rings. The average molecular weight is 338 g/mol. The Bertz CT molecular complexity index is 817. The molecule has 0 fully saturated rings. The number of rotatable bonds is 6. The number of imidazole rings is 1. The van der Waals surface area contributed by atoms with Gasteiger partial charge in [0.15, 0.2) is 5.16 Å². The molecule has 3 aromatic rings. The largest absolute Gasteiger partial charge is 0.326 e. The van der Waals surface area contributed by atoms with Crippen LogP contribution in [0.15, 0.2) is 66.2 Å². The molecule has 24 heavy (non-hydrogen) atoms. The Hall–Kier alpha value is -2.60. The molecule has 3 rings (SSSR count). The summed E-state index contributed by atoms with van der Waals surface area (Å²) in [6, 6.07) is 13.8. The molecule has 5 nitrogen and oxygen atoms in total. The molecular weight excluding hydrogens is 320 g/mol. The molecule has 0 aliphatic heterocycles. The molecule has 0 unspecified atom stereocenters. The first-order valence-electron chi connectivity index (χ1n) is 7.61. The normalized spacial score (nSPS) is 10.5. The summed E-state index contributed by atoms with van der Waals surface area (Å²) in [4.78, 5) is 19.9. The lowest BCUT2D eigenvalue weighted by Gasteiger charge is -2.08. The first-order valence-corrected chi connectivity index (χ1v) is 8.59. The van der Waals surface area contributed by atoms with Gasteiger partial charge in [0.25, 0.3) is 0 Å². The Morgan fingerprint density at radius 3 is 2.88 bits per heavy atom. The highest BCUT2D eigenvalue weighted by atomic mass is 32.2. The van der Waals surface area contributed by atoms with E-state index in [0.29, 0.717) is 6.54 Å². The van der Waals surface area contributed by atoms with E-state index in [1.165, 1.54) is 6.92 Å². The second-order valence-corrected chi connectivity index (χ2v) is 6.27. The minimum absolute atomic E-state index is 0.0642. The number of carbonyl (C=O) groups is 1. The van der Waals surface area contributed by atoms with Crippen LogP contribution in [0, 0.1) is 0 Å². The molecule has 122 valence electrons. The van der Waals surface area contributed by atoms with Crippen LogP contribution in [0.5, 0.6) is 0 Å². The summed E-state index contributed by atoms with van der Waals surface area (Å²) < 4.78 is 2.09. The second kappa shape index (κ2) is 7.79. The quantitative estimate of drug-likeness (QED) is 0.698. The minimum Gasteiger partial charge on any atom is -0.326 e. The lowest BCUT2D eigenvalue weighted by atomic mass is 10.2. The summed E-state index contributed by atoms with van der Waals surface area (Å²) in [5, 5.41) is 3.75. The van der Waals surface area contributed by atoms with Gasteiger partial charge < -0.3 is 9.88 Å². The van der Waals surface area contributed by atoms with Gasteiger partial charge in [-0.2, -0.15) is 0 Å². The van der Waals surface area contributed by atoms with E-state index in [9.17, 15) is 4.79 Å². The van der Waals surface area contributed by atoms with E-state index in [-0.39, 0.29) is 5.91 Å². The number of thioether (sulfide) groups is 1. The maximum Gasteiger partial charge on any atom is 0.221 e. The zero-order valence-corrected chi connectivity index (χ0v) is 14.2. The van der Waals surface area contributed by atoms with Gasteiger partial charge in [0, 0.05) is 37.0 Å². The van der Waals surface area contributed by atoms with Crippen molar-refractivity contribution in [3.8, 4) is 0 Å². The van der Waals surface area contributed by atoms with E-state index in [1.807, 2.05) is 48.7 Å². The summed E-state index contributed by atoms with van der Waals surface area (Å²) in [7, 11) is 0. The minimum atomic E-state index is -0.0642. The van der Waals surface area contributed by atoms with Crippen LogP contribution in [0.3, 0.4) is 0 Å². The molecule has 6 heteroatoms. The van der Waals surface area contributed by atoms with Crippen molar-refractivity contribution in [3.63, 3.8) is 0 Å². The molecule has 0 radical (unpaired) electrons. The van der Waals surface area contributed by atoms with E-state index >= 15 is 0 Å². The molecule has 0 bridgehead atoms. The molecule has 0 aliphatic carbocycles. The van der Waals surface area contributed by atoms with Crippen LogP contribution < -0.4 is 5.32 Å². The fourth-order valence-corrected chi connectivity index (χ4v) is 3.21. The van der Waals surface area contributed by atoms with Crippen molar-refractivity contribution >= 4 is 23.4 Å². The number of nitrogens with one attached hydrogen (secondary N) is 1. The van der Waals surface area contributed by atoms with Gasteiger partial charge in [-0.25, -0.2) is 4.98 Å². The molecule has 2 aromatic heterocycles. The number of amides is 1.